The van der Waals surface area contributed by atoms with E-state index < -0.39 is 96.0 Å². The molecule has 16 nitrogen and oxygen atoms in total. The van der Waals surface area contributed by atoms with Crippen molar-refractivity contribution in [1.82, 2.24) is 15.2 Å². The number of ether oxygens (including phenoxy) is 8. The van der Waals surface area contributed by atoms with Crippen molar-refractivity contribution in [2.24, 2.45) is 17.8 Å². The molecule has 1 aromatic heterocycles. The number of aliphatic hydroxyl groups is 4. The molecular formula is C43H75N3O13. The number of nitrogens with zero attached hydrogens (tertiary/aromatic N) is 2. The summed E-state index contributed by atoms with van der Waals surface area (Å²) in [5, 5.41) is 50.6. The van der Waals surface area contributed by atoms with Crippen molar-refractivity contribution < 1.29 is 63.1 Å². The van der Waals surface area contributed by atoms with E-state index in [1.807, 2.05) is 46.7 Å². The lowest BCUT2D eigenvalue weighted by Gasteiger charge is -2.48. The summed E-state index contributed by atoms with van der Waals surface area (Å²) in [7, 11) is 6.71. The zero-order valence-corrected chi connectivity index (χ0v) is 37.8. The van der Waals surface area contributed by atoms with Gasteiger partial charge in [0, 0.05) is 38.2 Å². The highest BCUT2D eigenvalue weighted by Gasteiger charge is 2.53. The summed E-state index contributed by atoms with van der Waals surface area (Å²) in [5.74, 6) is -1.98. The number of aromatic nitrogens is 1. The van der Waals surface area contributed by atoms with E-state index >= 15 is 0 Å². The Morgan fingerprint density at radius 2 is 1.66 bits per heavy atom. The van der Waals surface area contributed by atoms with Gasteiger partial charge in [-0.15, -0.1) is 0 Å². The first-order chi connectivity index (χ1) is 27.5. The van der Waals surface area contributed by atoms with Crippen LogP contribution in [-0.2, 0) is 33.2 Å². The van der Waals surface area contributed by atoms with Gasteiger partial charge < -0.3 is 68.5 Å². The van der Waals surface area contributed by atoms with Gasteiger partial charge in [0.2, 0.25) is 0 Å². The summed E-state index contributed by atoms with van der Waals surface area (Å²) in [6.45, 7) is 18.2. The predicted molar refractivity (Wildman–Crippen MR) is 219 cm³/mol. The van der Waals surface area contributed by atoms with Gasteiger partial charge in [-0.25, -0.2) is 4.98 Å². The first kappa shape index (κ1) is 49.4. The minimum atomic E-state index is -1.82. The molecule has 0 spiro atoms. The van der Waals surface area contributed by atoms with Crippen LogP contribution < -0.4 is 14.8 Å². The standard InChI is InChI=1S/C43H75N3O13/c1-15-31-43(10,51)35(47)27(6)46(12)22-23(2)20-41(8,50)37(59-40-34(29(44-11)19-24(3)54-40)56-30-17-16-18-45-38(30)52-13)25(4)33(26(5)39(49)57-31)58-32-21-42(9,53-14)36(48)28(7)55-32/h16-18,23-29,31-37,40,44,47-48,50-51H,15,19-22H2,1-14H3/t23?,24-,25?,26?,27?,28+,29+,31?,32+,33?,34-,35?,36+,37?,40+,41?,42-,43?/m1/s1. The molecule has 3 aliphatic heterocycles. The van der Waals surface area contributed by atoms with Crippen molar-refractivity contribution in [2.75, 3.05) is 34.9 Å². The number of methoxy groups -OCH3 is 2. The molecule has 4 rings (SSSR count). The molecule has 4 heterocycles. The molecule has 18 atom stereocenters. The minimum Gasteiger partial charge on any atom is -0.478 e. The Labute approximate surface area is 351 Å². The monoisotopic (exact) mass is 842 g/mol. The van der Waals surface area contributed by atoms with Crippen LogP contribution in [0.1, 0.15) is 94.9 Å². The van der Waals surface area contributed by atoms with E-state index in [-0.39, 0.29) is 43.2 Å². The second-order valence-corrected chi connectivity index (χ2v) is 18.1. The SMILES string of the molecule is CCC1OC(=O)C(C)C(O[C@H]2C[C@@](C)(OC)[C@@H](O)[C@H](C)O2)C(C)C(O[C@@H]2O[C@H](C)C[C@H](NC)[C@H]2Oc2cccnc2OC)C(C)(O)CC(C)CN(C)C(C)C(O)C1(C)O. The zero-order valence-electron chi connectivity index (χ0n) is 37.8. The average molecular weight is 842 g/mol. The van der Waals surface area contributed by atoms with Crippen molar-refractivity contribution in [3.8, 4) is 11.6 Å². The van der Waals surface area contributed by atoms with E-state index in [0.29, 0.717) is 18.7 Å². The lowest BCUT2D eigenvalue weighted by molar-refractivity contribution is -0.314. The van der Waals surface area contributed by atoms with E-state index in [0.717, 1.165) is 0 Å². The molecule has 10 unspecified atom stereocenters. The number of hydrogen-bond acceptors (Lipinski definition) is 16. The molecule has 3 aliphatic rings. The highest BCUT2D eigenvalue weighted by molar-refractivity contribution is 5.73. The topological polar surface area (TPSA) is 200 Å². The fourth-order valence-corrected chi connectivity index (χ4v) is 9.42. The largest absolute Gasteiger partial charge is 0.478 e. The molecular weight excluding hydrogens is 766 g/mol. The lowest BCUT2D eigenvalue weighted by atomic mass is 9.77. The van der Waals surface area contributed by atoms with Crippen molar-refractivity contribution in [3.63, 3.8) is 0 Å². The van der Waals surface area contributed by atoms with E-state index in [4.69, 9.17) is 37.9 Å². The normalized spacial score (nSPS) is 44.8. The van der Waals surface area contributed by atoms with Crippen molar-refractivity contribution in [1.29, 1.82) is 0 Å². The van der Waals surface area contributed by atoms with Crippen LogP contribution in [0, 0.1) is 17.8 Å². The van der Waals surface area contributed by atoms with Crippen LogP contribution in [0.2, 0.25) is 0 Å². The van der Waals surface area contributed by atoms with Crippen LogP contribution in [0.5, 0.6) is 11.6 Å². The summed E-state index contributed by atoms with van der Waals surface area (Å²) in [5.41, 5.74) is -4.44. The molecule has 0 saturated carbocycles. The van der Waals surface area contributed by atoms with Gasteiger partial charge in [-0.2, -0.15) is 0 Å². The third kappa shape index (κ3) is 11.2. The third-order valence-corrected chi connectivity index (χ3v) is 13.1. The van der Waals surface area contributed by atoms with E-state index in [1.165, 1.54) is 21.1 Å². The Balaban J connectivity index is 1.87. The molecule has 0 aliphatic carbocycles. The number of carbonyl (C=O) groups is 1. The summed E-state index contributed by atoms with van der Waals surface area (Å²) < 4.78 is 50.7. The zero-order chi connectivity index (χ0) is 44.2. The van der Waals surface area contributed by atoms with Crippen LogP contribution >= 0.6 is 0 Å². The first-order valence-corrected chi connectivity index (χ1v) is 21.3. The quantitative estimate of drug-likeness (QED) is 0.215. The second kappa shape index (κ2) is 20.3. The van der Waals surface area contributed by atoms with Crippen LogP contribution in [0.15, 0.2) is 18.3 Å². The maximum atomic E-state index is 14.4. The first-order valence-electron chi connectivity index (χ1n) is 21.3. The van der Waals surface area contributed by atoms with Gasteiger partial charge in [0.05, 0.1) is 54.7 Å². The van der Waals surface area contributed by atoms with Crippen molar-refractivity contribution in [3.05, 3.63) is 18.3 Å². The Hall–Kier alpha value is -2.22. The lowest BCUT2D eigenvalue weighted by Crippen LogP contribution is -2.61. The van der Waals surface area contributed by atoms with Gasteiger partial charge in [-0.05, 0) is 99.9 Å². The number of pyridine rings is 1. The number of hydrogen-bond donors (Lipinski definition) is 5. The van der Waals surface area contributed by atoms with Gasteiger partial charge in [0.25, 0.3) is 5.88 Å². The van der Waals surface area contributed by atoms with Crippen LogP contribution in [-0.4, -0.2) is 161 Å². The van der Waals surface area contributed by atoms with Crippen LogP contribution in [0.25, 0.3) is 0 Å². The molecule has 0 bridgehead atoms. The Morgan fingerprint density at radius 1 is 0.983 bits per heavy atom. The van der Waals surface area contributed by atoms with Crippen molar-refractivity contribution in [2.45, 2.75) is 185 Å². The molecule has 0 radical (unpaired) electrons. The van der Waals surface area contributed by atoms with Gasteiger partial charge >= 0.3 is 5.97 Å². The molecule has 5 N–H and O–H groups in total. The van der Waals surface area contributed by atoms with Crippen molar-refractivity contribution >= 4 is 5.97 Å². The fraction of sp³-hybridized carbons (Fsp3) is 0.860. The Kier molecular flexibility index (Phi) is 17.0. The molecule has 1 aromatic rings. The van der Waals surface area contributed by atoms with E-state index in [9.17, 15) is 25.2 Å². The average Bonchev–Trinajstić information content (AvgIpc) is 3.18. The number of likely N-dealkylation sites (N-methyl/N-ethyl adjacent to an activating group) is 2. The number of nitrogens with one attached hydrogen (secondary N) is 1. The fourth-order valence-electron chi connectivity index (χ4n) is 9.42. The Bertz CT molecular complexity index is 1490. The number of carbonyl (C=O) groups excluding carboxylic acids is 1. The third-order valence-electron chi connectivity index (χ3n) is 13.1. The van der Waals surface area contributed by atoms with Gasteiger partial charge in [-0.1, -0.05) is 20.8 Å². The summed E-state index contributed by atoms with van der Waals surface area (Å²) in [6.07, 6.45) is -6.39. The second-order valence-electron chi connectivity index (χ2n) is 18.1. The maximum Gasteiger partial charge on any atom is 0.311 e. The highest BCUT2D eigenvalue weighted by atomic mass is 16.7. The number of aliphatic hydroxyl groups excluding tert-OH is 2. The molecule has 59 heavy (non-hydrogen) atoms. The predicted octanol–water partition coefficient (Wildman–Crippen LogP) is 3.05. The van der Waals surface area contributed by atoms with Gasteiger partial charge in [0.15, 0.2) is 24.4 Å². The summed E-state index contributed by atoms with van der Waals surface area (Å²) >= 11 is 0. The molecule has 16 heteroatoms. The molecule has 3 saturated heterocycles. The minimum absolute atomic E-state index is 0.123. The van der Waals surface area contributed by atoms with E-state index in [2.05, 4.69) is 10.3 Å². The van der Waals surface area contributed by atoms with Crippen LogP contribution in [0.4, 0.5) is 0 Å². The summed E-state index contributed by atoms with van der Waals surface area (Å²) in [6, 6.07) is 2.68. The molecule has 0 aromatic carbocycles. The number of cyclic esters (lactones) is 1. The Morgan fingerprint density at radius 3 is 2.27 bits per heavy atom. The van der Waals surface area contributed by atoms with Gasteiger partial charge in [-0.3, -0.25) is 4.79 Å². The molecule has 340 valence electrons. The maximum absolute atomic E-state index is 14.4. The summed E-state index contributed by atoms with van der Waals surface area (Å²) in [4.78, 5) is 20.7. The number of rotatable bonds is 10. The number of esters is 1. The molecule has 3 fully saturated rings. The molecule has 0 amide bonds. The highest BCUT2D eigenvalue weighted by Crippen LogP contribution is 2.41. The van der Waals surface area contributed by atoms with Crippen LogP contribution in [0.3, 0.4) is 0 Å². The van der Waals surface area contributed by atoms with E-state index in [1.54, 1.807) is 52.9 Å². The van der Waals surface area contributed by atoms with Gasteiger partial charge in [0.1, 0.15) is 23.9 Å². The smallest absolute Gasteiger partial charge is 0.311 e.